The molecule has 0 aromatic heterocycles. The van der Waals surface area contributed by atoms with Crippen molar-refractivity contribution in [2.45, 2.75) is 27.2 Å². The van der Waals surface area contributed by atoms with Crippen molar-refractivity contribution in [2.24, 2.45) is 5.92 Å². The molecule has 0 unspecified atom stereocenters. The van der Waals surface area contributed by atoms with E-state index in [1.807, 2.05) is 6.07 Å². The van der Waals surface area contributed by atoms with Crippen LogP contribution in [-0.2, 0) is 9.59 Å². The van der Waals surface area contributed by atoms with Gasteiger partial charge in [0.2, 0.25) is 5.91 Å². The fourth-order valence-corrected chi connectivity index (χ4v) is 1.63. The molecule has 0 aliphatic rings. The monoisotopic (exact) mass is 291 g/mol. The Morgan fingerprint density at radius 1 is 1.33 bits per heavy atom. The van der Waals surface area contributed by atoms with Crippen LogP contribution in [0, 0.1) is 5.92 Å². The van der Waals surface area contributed by atoms with Crippen molar-refractivity contribution in [3.05, 3.63) is 35.5 Å². The molecule has 0 aliphatic heterocycles. The molecule has 1 amide bonds. The molecule has 114 valence electrons. The predicted octanol–water partition coefficient (Wildman–Crippen LogP) is 2.67. The smallest absolute Gasteiger partial charge is 0.352 e. The average Bonchev–Trinajstić information content (AvgIpc) is 2.38. The number of amides is 1. The zero-order valence-electron chi connectivity index (χ0n) is 12.6. The highest BCUT2D eigenvalue weighted by atomic mass is 16.5. The SMILES string of the molecule is CC(=O)N/C(=C\c1ccccc1OCCC(C)C)C(=O)O. The van der Waals surface area contributed by atoms with Crippen LogP contribution in [0.3, 0.4) is 0 Å². The summed E-state index contributed by atoms with van der Waals surface area (Å²) in [5.74, 6) is -0.493. The number of carbonyl (C=O) groups excluding carboxylic acids is 1. The van der Waals surface area contributed by atoms with Crippen LogP contribution in [0.25, 0.3) is 6.08 Å². The summed E-state index contributed by atoms with van der Waals surface area (Å²) < 4.78 is 5.68. The van der Waals surface area contributed by atoms with Gasteiger partial charge in [0, 0.05) is 12.5 Å². The third-order valence-electron chi connectivity index (χ3n) is 2.71. The highest BCUT2D eigenvalue weighted by Gasteiger charge is 2.11. The number of hydrogen-bond donors (Lipinski definition) is 2. The van der Waals surface area contributed by atoms with Gasteiger partial charge in [0.1, 0.15) is 11.4 Å². The molecule has 0 radical (unpaired) electrons. The van der Waals surface area contributed by atoms with Gasteiger partial charge in [-0.1, -0.05) is 32.0 Å². The molecule has 1 aromatic rings. The fraction of sp³-hybridized carbons (Fsp3) is 0.375. The minimum absolute atomic E-state index is 0.178. The van der Waals surface area contributed by atoms with Crippen molar-refractivity contribution < 1.29 is 19.4 Å². The van der Waals surface area contributed by atoms with E-state index >= 15 is 0 Å². The summed E-state index contributed by atoms with van der Waals surface area (Å²) >= 11 is 0. The second-order valence-corrected chi connectivity index (χ2v) is 5.11. The summed E-state index contributed by atoms with van der Waals surface area (Å²) in [6.07, 6.45) is 2.31. The molecule has 0 atom stereocenters. The quantitative estimate of drug-likeness (QED) is 0.757. The summed E-state index contributed by atoms with van der Waals surface area (Å²) in [5.41, 5.74) is 0.440. The van der Waals surface area contributed by atoms with E-state index in [2.05, 4.69) is 19.2 Å². The number of carbonyl (C=O) groups is 2. The number of hydrogen-bond acceptors (Lipinski definition) is 3. The first-order valence-corrected chi connectivity index (χ1v) is 6.84. The second-order valence-electron chi connectivity index (χ2n) is 5.11. The van der Waals surface area contributed by atoms with Crippen LogP contribution in [-0.4, -0.2) is 23.6 Å². The van der Waals surface area contributed by atoms with E-state index in [-0.39, 0.29) is 5.70 Å². The topological polar surface area (TPSA) is 75.6 Å². The van der Waals surface area contributed by atoms with Crippen molar-refractivity contribution in [1.82, 2.24) is 5.32 Å². The summed E-state index contributed by atoms with van der Waals surface area (Å²) in [5, 5.41) is 11.4. The third kappa shape index (κ3) is 6.12. The number of para-hydroxylation sites is 1. The first-order valence-electron chi connectivity index (χ1n) is 6.84. The molecule has 1 rings (SSSR count). The minimum Gasteiger partial charge on any atom is -0.493 e. The van der Waals surface area contributed by atoms with E-state index in [9.17, 15) is 9.59 Å². The standard InChI is InChI=1S/C16H21NO4/c1-11(2)8-9-21-15-7-5-4-6-13(15)10-14(16(19)20)17-12(3)18/h4-7,10-11H,8-9H2,1-3H3,(H,17,18)(H,19,20)/b14-10-. The molecule has 2 N–H and O–H groups in total. The Hall–Kier alpha value is -2.30. The molecule has 0 bridgehead atoms. The normalized spacial score (nSPS) is 11.3. The van der Waals surface area contributed by atoms with Crippen LogP contribution < -0.4 is 10.1 Å². The minimum atomic E-state index is -1.19. The molecule has 0 heterocycles. The Morgan fingerprint density at radius 3 is 2.57 bits per heavy atom. The van der Waals surface area contributed by atoms with E-state index < -0.39 is 11.9 Å². The molecule has 0 saturated heterocycles. The van der Waals surface area contributed by atoms with Crippen molar-refractivity contribution in [2.75, 3.05) is 6.61 Å². The first-order chi connectivity index (χ1) is 9.90. The fourth-order valence-electron chi connectivity index (χ4n) is 1.63. The predicted molar refractivity (Wildman–Crippen MR) is 80.8 cm³/mol. The Morgan fingerprint density at radius 2 is 2.00 bits per heavy atom. The maximum atomic E-state index is 11.1. The Balaban J connectivity index is 2.94. The molecule has 0 aliphatic carbocycles. The van der Waals surface area contributed by atoms with Crippen LogP contribution in [0.15, 0.2) is 30.0 Å². The maximum absolute atomic E-state index is 11.1. The van der Waals surface area contributed by atoms with Crippen LogP contribution in [0.5, 0.6) is 5.75 Å². The molecule has 5 heteroatoms. The summed E-state index contributed by atoms with van der Waals surface area (Å²) in [4.78, 5) is 22.2. The van der Waals surface area contributed by atoms with Crippen molar-refractivity contribution in [3.63, 3.8) is 0 Å². The largest absolute Gasteiger partial charge is 0.493 e. The molecule has 0 fully saturated rings. The lowest BCUT2D eigenvalue weighted by Gasteiger charge is -2.11. The number of carboxylic acid groups (broad SMARTS) is 1. The van der Waals surface area contributed by atoms with Crippen LogP contribution in [0.4, 0.5) is 0 Å². The number of benzene rings is 1. The van der Waals surface area contributed by atoms with Crippen molar-refractivity contribution in [1.29, 1.82) is 0 Å². The lowest BCUT2D eigenvalue weighted by Crippen LogP contribution is -2.24. The number of rotatable bonds is 7. The third-order valence-corrected chi connectivity index (χ3v) is 2.71. The first kappa shape index (κ1) is 16.8. The highest BCUT2D eigenvalue weighted by Crippen LogP contribution is 2.21. The molecule has 0 spiro atoms. The van der Waals surface area contributed by atoms with E-state index in [1.54, 1.807) is 18.2 Å². The van der Waals surface area contributed by atoms with Gasteiger partial charge in [0.25, 0.3) is 0 Å². The number of aliphatic carboxylic acids is 1. The van der Waals surface area contributed by atoms with E-state index in [0.717, 1.165) is 6.42 Å². The number of ether oxygens (including phenoxy) is 1. The molecule has 1 aromatic carbocycles. The molecule has 21 heavy (non-hydrogen) atoms. The molecule has 0 saturated carbocycles. The zero-order chi connectivity index (χ0) is 15.8. The second kappa shape index (κ2) is 8.09. The number of carboxylic acids is 1. The van der Waals surface area contributed by atoms with Crippen LogP contribution >= 0.6 is 0 Å². The summed E-state index contributed by atoms with van der Waals surface area (Å²) in [7, 11) is 0. The molecule has 5 nitrogen and oxygen atoms in total. The van der Waals surface area contributed by atoms with Gasteiger partial charge >= 0.3 is 5.97 Å². The molecular weight excluding hydrogens is 270 g/mol. The van der Waals surface area contributed by atoms with Crippen LogP contribution in [0.2, 0.25) is 0 Å². The summed E-state index contributed by atoms with van der Waals surface area (Å²) in [6, 6.07) is 7.13. The van der Waals surface area contributed by atoms with E-state index in [4.69, 9.17) is 9.84 Å². The van der Waals surface area contributed by atoms with Crippen molar-refractivity contribution >= 4 is 18.0 Å². The Bertz CT molecular complexity index is 535. The van der Waals surface area contributed by atoms with Gasteiger partial charge in [-0.25, -0.2) is 4.79 Å². The van der Waals surface area contributed by atoms with E-state index in [1.165, 1.54) is 13.0 Å². The molecular formula is C16H21NO4. The van der Waals surface area contributed by atoms with Crippen LogP contribution in [0.1, 0.15) is 32.8 Å². The lowest BCUT2D eigenvalue weighted by molar-refractivity contribution is -0.134. The van der Waals surface area contributed by atoms with Gasteiger partial charge in [0.05, 0.1) is 6.61 Å². The van der Waals surface area contributed by atoms with Gasteiger partial charge in [-0.15, -0.1) is 0 Å². The summed E-state index contributed by atoms with van der Waals surface area (Å²) in [6.45, 7) is 6.04. The van der Waals surface area contributed by atoms with Gasteiger partial charge in [0.15, 0.2) is 0 Å². The Labute approximate surface area is 124 Å². The highest BCUT2D eigenvalue weighted by molar-refractivity contribution is 5.96. The maximum Gasteiger partial charge on any atom is 0.352 e. The Kier molecular flexibility index (Phi) is 6.46. The van der Waals surface area contributed by atoms with E-state index in [0.29, 0.717) is 23.8 Å². The van der Waals surface area contributed by atoms with Crippen molar-refractivity contribution in [3.8, 4) is 5.75 Å². The van der Waals surface area contributed by atoms with Gasteiger partial charge < -0.3 is 15.2 Å². The van der Waals surface area contributed by atoms with Gasteiger partial charge in [-0.05, 0) is 24.5 Å². The lowest BCUT2D eigenvalue weighted by atomic mass is 10.1. The zero-order valence-corrected chi connectivity index (χ0v) is 12.6. The van der Waals surface area contributed by atoms with Gasteiger partial charge in [-0.3, -0.25) is 4.79 Å². The van der Waals surface area contributed by atoms with Gasteiger partial charge in [-0.2, -0.15) is 0 Å². The number of nitrogens with one attached hydrogen (secondary N) is 1. The average molecular weight is 291 g/mol.